The molecule has 0 amide bonds. The molecule has 24 heavy (non-hydrogen) atoms. The molecule has 3 heteroatoms. The van der Waals surface area contributed by atoms with E-state index in [-0.39, 0.29) is 17.8 Å². The van der Waals surface area contributed by atoms with Crippen molar-refractivity contribution < 1.29 is 9.13 Å². The molecule has 0 spiro atoms. The van der Waals surface area contributed by atoms with Crippen molar-refractivity contribution in [2.75, 3.05) is 19.8 Å². The molecule has 0 aromatic carbocycles. The minimum Gasteiger partial charge on any atom is -0.380 e. The van der Waals surface area contributed by atoms with E-state index < -0.39 is 6.17 Å². The van der Waals surface area contributed by atoms with Gasteiger partial charge >= 0.3 is 0 Å². The number of hydrogen-bond donors (Lipinski definition) is 1. The van der Waals surface area contributed by atoms with Gasteiger partial charge in [0, 0.05) is 30.7 Å². The molecule has 0 saturated carbocycles. The summed E-state index contributed by atoms with van der Waals surface area (Å²) in [6.07, 6.45) is 1.08. The summed E-state index contributed by atoms with van der Waals surface area (Å²) in [6, 6.07) is 0.467. The lowest BCUT2D eigenvalue weighted by atomic mass is 9.80. The van der Waals surface area contributed by atoms with E-state index in [0.717, 1.165) is 17.7 Å². The summed E-state index contributed by atoms with van der Waals surface area (Å²) in [6.45, 7) is 16.7. The molecule has 0 radical (unpaired) electrons. The monoisotopic (exact) mass is 335 g/mol. The molecule has 0 fully saturated rings. The first-order chi connectivity index (χ1) is 11.2. The van der Waals surface area contributed by atoms with Crippen molar-refractivity contribution in [2.24, 2.45) is 17.8 Å². The second-order valence-corrected chi connectivity index (χ2v) is 7.47. The van der Waals surface area contributed by atoms with Gasteiger partial charge < -0.3 is 10.1 Å². The maximum absolute atomic E-state index is 14.3. The number of hydrogen-bond acceptors (Lipinski definition) is 2. The predicted octanol–water partition coefficient (Wildman–Crippen LogP) is 4.53. The fourth-order valence-corrected chi connectivity index (χ4v) is 2.83. The van der Waals surface area contributed by atoms with Crippen LogP contribution in [0.25, 0.3) is 0 Å². The van der Waals surface area contributed by atoms with Gasteiger partial charge in [0.15, 0.2) is 6.17 Å². The zero-order valence-corrected chi connectivity index (χ0v) is 16.4. The van der Waals surface area contributed by atoms with E-state index >= 15 is 0 Å². The quantitative estimate of drug-likeness (QED) is 0.520. The highest BCUT2D eigenvalue weighted by atomic mass is 19.1. The van der Waals surface area contributed by atoms with Gasteiger partial charge in [-0.25, -0.2) is 4.39 Å². The predicted molar refractivity (Wildman–Crippen MR) is 101 cm³/mol. The Bertz CT molecular complexity index is 520. The van der Waals surface area contributed by atoms with Gasteiger partial charge in [-0.3, -0.25) is 0 Å². The molecule has 136 valence electrons. The van der Waals surface area contributed by atoms with Crippen molar-refractivity contribution in [2.45, 2.75) is 60.7 Å². The maximum atomic E-state index is 14.3. The van der Waals surface area contributed by atoms with Crippen LogP contribution in [0.2, 0.25) is 0 Å². The molecule has 3 unspecified atom stereocenters. The Hall–Kier alpha value is -1.11. The van der Waals surface area contributed by atoms with E-state index in [1.165, 1.54) is 5.57 Å². The van der Waals surface area contributed by atoms with Crippen LogP contribution in [0, 0.1) is 29.6 Å². The highest BCUT2D eigenvalue weighted by molar-refractivity contribution is 5.48. The molecule has 1 rings (SSSR count). The number of ether oxygens (including phenoxy) is 1. The molecule has 0 aliphatic heterocycles. The van der Waals surface area contributed by atoms with Crippen molar-refractivity contribution >= 4 is 0 Å². The van der Waals surface area contributed by atoms with Crippen LogP contribution in [0.4, 0.5) is 4.39 Å². The largest absolute Gasteiger partial charge is 0.380 e. The molecule has 1 N–H and O–H groups in total. The summed E-state index contributed by atoms with van der Waals surface area (Å²) in [4.78, 5) is 0. The van der Waals surface area contributed by atoms with Crippen LogP contribution in [0.3, 0.4) is 0 Å². The number of alkyl halides is 1. The average Bonchev–Trinajstić information content (AvgIpc) is 2.66. The topological polar surface area (TPSA) is 21.3 Å². The minimum absolute atomic E-state index is 0.116. The van der Waals surface area contributed by atoms with E-state index in [1.807, 2.05) is 6.92 Å². The normalized spacial score (nSPS) is 24.7. The third-order valence-electron chi connectivity index (χ3n) is 4.76. The van der Waals surface area contributed by atoms with Gasteiger partial charge in [-0.05, 0) is 38.2 Å². The van der Waals surface area contributed by atoms with E-state index in [9.17, 15) is 4.39 Å². The fraction of sp³-hybridized carbons (Fsp3) is 0.714. The number of nitrogens with one attached hydrogen (secondary N) is 1. The number of allylic oxidation sites excluding steroid dienone is 4. The summed E-state index contributed by atoms with van der Waals surface area (Å²) in [5.41, 5.74) is 3.35. The molecule has 0 saturated heterocycles. The van der Waals surface area contributed by atoms with Crippen LogP contribution in [-0.4, -0.2) is 32.0 Å². The molecular weight excluding hydrogens is 301 g/mol. The van der Waals surface area contributed by atoms with Crippen molar-refractivity contribution in [3.63, 3.8) is 0 Å². The summed E-state index contributed by atoms with van der Waals surface area (Å²) >= 11 is 0. The summed E-state index contributed by atoms with van der Waals surface area (Å²) in [5.74, 6) is 6.07. The Morgan fingerprint density at radius 1 is 1.29 bits per heavy atom. The average molecular weight is 336 g/mol. The number of halogens is 1. The highest BCUT2D eigenvalue weighted by Gasteiger charge is 2.29. The van der Waals surface area contributed by atoms with Gasteiger partial charge in [0.2, 0.25) is 0 Å². The molecule has 2 nitrogen and oxygen atoms in total. The SMILES string of the molecule is CC(C)=C(C)C1=C[C@H](C(C)COCCNC(C)C)C(C)C(F)C#C1. The highest BCUT2D eigenvalue weighted by Crippen LogP contribution is 2.31. The van der Waals surface area contributed by atoms with Gasteiger partial charge in [0.1, 0.15) is 0 Å². The van der Waals surface area contributed by atoms with Crippen LogP contribution in [0.1, 0.15) is 48.5 Å². The van der Waals surface area contributed by atoms with Crippen molar-refractivity contribution in [1.82, 2.24) is 5.32 Å². The van der Waals surface area contributed by atoms with Crippen molar-refractivity contribution in [1.29, 1.82) is 0 Å². The smallest absolute Gasteiger partial charge is 0.164 e. The molecule has 0 bridgehead atoms. The minimum atomic E-state index is -1.08. The van der Waals surface area contributed by atoms with Crippen LogP contribution in [-0.2, 0) is 4.74 Å². The van der Waals surface area contributed by atoms with Crippen LogP contribution < -0.4 is 5.32 Å². The molecule has 0 heterocycles. The van der Waals surface area contributed by atoms with Gasteiger partial charge in [0.05, 0.1) is 6.61 Å². The van der Waals surface area contributed by atoms with E-state index in [4.69, 9.17) is 4.74 Å². The van der Waals surface area contributed by atoms with Crippen molar-refractivity contribution in [3.8, 4) is 11.8 Å². The summed E-state index contributed by atoms with van der Waals surface area (Å²) < 4.78 is 20.1. The van der Waals surface area contributed by atoms with Crippen molar-refractivity contribution in [3.05, 3.63) is 22.8 Å². The van der Waals surface area contributed by atoms with E-state index in [2.05, 4.69) is 64.8 Å². The third-order valence-corrected chi connectivity index (χ3v) is 4.76. The standard InChI is InChI=1S/C21H34FNO/c1-14(2)17(6)19-8-9-21(22)18(7)20(12-19)16(5)13-24-11-10-23-15(3)4/h12,15-16,18,20-21,23H,10-11,13H2,1-7H3/t16?,18?,20-,21?/m1/s1. The lowest BCUT2D eigenvalue weighted by Gasteiger charge is -2.27. The van der Waals surface area contributed by atoms with Gasteiger partial charge in [-0.15, -0.1) is 0 Å². The summed E-state index contributed by atoms with van der Waals surface area (Å²) in [5, 5.41) is 3.34. The third kappa shape index (κ3) is 6.42. The fourth-order valence-electron chi connectivity index (χ4n) is 2.83. The molecule has 1 aliphatic rings. The Balaban J connectivity index is 2.75. The maximum Gasteiger partial charge on any atom is 0.164 e. The van der Waals surface area contributed by atoms with Gasteiger partial charge in [-0.1, -0.05) is 51.2 Å². The Labute approximate surface area is 147 Å². The summed E-state index contributed by atoms with van der Waals surface area (Å²) in [7, 11) is 0. The molecule has 1 aliphatic carbocycles. The first kappa shape index (κ1) is 20.9. The Morgan fingerprint density at radius 2 is 1.96 bits per heavy atom. The van der Waals surface area contributed by atoms with Gasteiger partial charge in [-0.2, -0.15) is 0 Å². The second-order valence-electron chi connectivity index (χ2n) is 7.47. The Kier molecular flexibility index (Phi) is 8.73. The molecule has 4 atom stereocenters. The Morgan fingerprint density at radius 3 is 2.54 bits per heavy atom. The zero-order chi connectivity index (χ0) is 18.3. The lowest BCUT2D eigenvalue weighted by molar-refractivity contribution is 0.0753. The second kappa shape index (κ2) is 10.0. The van der Waals surface area contributed by atoms with Crippen LogP contribution in [0.15, 0.2) is 22.8 Å². The molecule has 0 aromatic rings. The number of rotatable bonds is 8. The van der Waals surface area contributed by atoms with Crippen LogP contribution >= 0.6 is 0 Å². The molecular formula is C21H34FNO. The van der Waals surface area contributed by atoms with Gasteiger partial charge in [0.25, 0.3) is 0 Å². The first-order valence-electron chi connectivity index (χ1n) is 9.07. The van der Waals surface area contributed by atoms with E-state index in [0.29, 0.717) is 19.3 Å². The molecule has 0 aromatic heterocycles. The first-order valence-corrected chi connectivity index (χ1v) is 9.07. The zero-order valence-electron chi connectivity index (χ0n) is 16.4. The van der Waals surface area contributed by atoms with E-state index in [1.54, 1.807) is 0 Å². The van der Waals surface area contributed by atoms with Crippen LogP contribution in [0.5, 0.6) is 0 Å². The lowest BCUT2D eigenvalue weighted by Crippen LogP contribution is -2.30.